The van der Waals surface area contributed by atoms with E-state index in [2.05, 4.69) is 16.8 Å². The van der Waals surface area contributed by atoms with E-state index >= 15 is 0 Å². The molecule has 2 aliphatic heterocycles. The largest absolute Gasteiger partial charge is 0.396 e. The molecule has 2 unspecified atom stereocenters. The van der Waals surface area contributed by atoms with Crippen molar-refractivity contribution in [2.75, 3.05) is 33.3 Å². The van der Waals surface area contributed by atoms with Crippen molar-refractivity contribution in [3.05, 3.63) is 0 Å². The van der Waals surface area contributed by atoms with Crippen molar-refractivity contribution in [2.24, 2.45) is 0 Å². The van der Waals surface area contributed by atoms with E-state index in [-0.39, 0.29) is 0 Å². The van der Waals surface area contributed by atoms with E-state index in [4.69, 9.17) is 5.11 Å². The van der Waals surface area contributed by atoms with Crippen molar-refractivity contribution < 1.29 is 5.11 Å². The molecule has 3 heteroatoms. The molecule has 2 saturated heterocycles. The van der Waals surface area contributed by atoms with E-state index in [1.807, 2.05) is 0 Å². The normalized spacial score (nSPS) is 34.7. The minimum atomic E-state index is 0.334. The maximum atomic E-state index is 8.81. The van der Waals surface area contributed by atoms with Gasteiger partial charge in [0.25, 0.3) is 0 Å². The molecule has 0 aromatic carbocycles. The fraction of sp³-hybridized carbons (Fsp3) is 1.00. The van der Waals surface area contributed by atoms with Crippen LogP contribution in [0.5, 0.6) is 0 Å². The Kier molecular flexibility index (Phi) is 3.42. The predicted molar refractivity (Wildman–Crippen MR) is 57.3 cm³/mol. The summed E-state index contributed by atoms with van der Waals surface area (Å²) in [5.41, 5.74) is 0. The van der Waals surface area contributed by atoms with Gasteiger partial charge in [0.05, 0.1) is 0 Å². The molecule has 0 amide bonds. The highest BCUT2D eigenvalue weighted by molar-refractivity contribution is 4.90. The van der Waals surface area contributed by atoms with Gasteiger partial charge in [0, 0.05) is 31.8 Å². The van der Waals surface area contributed by atoms with Gasteiger partial charge in [-0.2, -0.15) is 0 Å². The fourth-order valence-corrected chi connectivity index (χ4v) is 2.88. The molecule has 2 rings (SSSR count). The molecular weight excluding hydrogens is 176 g/mol. The molecule has 82 valence electrons. The van der Waals surface area contributed by atoms with Crippen LogP contribution in [0.3, 0.4) is 0 Å². The van der Waals surface area contributed by atoms with Gasteiger partial charge in [-0.25, -0.2) is 0 Å². The fourth-order valence-electron chi connectivity index (χ4n) is 2.88. The molecule has 2 heterocycles. The minimum absolute atomic E-state index is 0.334. The average Bonchev–Trinajstić information content (AvgIpc) is 2.40. The summed E-state index contributed by atoms with van der Waals surface area (Å²) in [7, 11) is 2.28. The first-order chi connectivity index (χ1) is 6.81. The first kappa shape index (κ1) is 10.4. The number of hydrogen-bond donors (Lipinski definition) is 1. The van der Waals surface area contributed by atoms with E-state index < -0.39 is 0 Å². The van der Waals surface area contributed by atoms with Gasteiger partial charge in [-0.1, -0.05) is 0 Å². The molecule has 2 fully saturated rings. The first-order valence-electron chi connectivity index (χ1n) is 5.86. The van der Waals surface area contributed by atoms with Crippen molar-refractivity contribution in [2.45, 2.75) is 37.8 Å². The van der Waals surface area contributed by atoms with Crippen molar-refractivity contribution in [1.29, 1.82) is 0 Å². The van der Waals surface area contributed by atoms with Crippen LogP contribution in [0.4, 0.5) is 0 Å². The summed E-state index contributed by atoms with van der Waals surface area (Å²) in [6.07, 6.45) is 5.02. The average molecular weight is 198 g/mol. The quantitative estimate of drug-likeness (QED) is 0.717. The van der Waals surface area contributed by atoms with Gasteiger partial charge in [-0.15, -0.1) is 0 Å². The van der Waals surface area contributed by atoms with Crippen LogP contribution in [0.15, 0.2) is 0 Å². The van der Waals surface area contributed by atoms with E-state index in [0.29, 0.717) is 6.61 Å². The Bertz CT molecular complexity index is 186. The van der Waals surface area contributed by atoms with E-state index in [1.165, 1.54) is 32.4 Å². The van der Waals surface area contributed by atoms with Crippen LogP contribution in [0.1, 0.15) is 25.7 Å². The molecule has 0 aromatic heterocycles. The second-order valence-corrected chi connectivity index (χ2v) is 4.72. The number of aliphatic hydroxyl groups is 1. The first-order valence-corrected chi connectivity index (χ1v) is 5.86. The minimum Gasteiger partial charge on any atom is -0.396 e. The van der Waals surface area contributed by atoms with Gasteiger partial charge in [0.15, 0.2) is 0 Å². The molecule has 0 saturated carbocycles. The van der Waals surface area contributed by atoms with Crippen molar-refractivity contribution in [3.63, 3.8) is 0 Å². The van der Waals surface area contributed by atoms with Gasteiger partial charge < -0.3 is 10.0 Å². The van der Waals surface area contributed by atoms with Gasteiger partial charge in [-0.05, 0) is 39.3 Å². The SMILES string of the molecule is CN1C2CCC1CN(CCCO)CC2. The van der Waals surface area contributed by atoms with Gasteiger partial charge in [-0.3, -0.25) is 4.90 Å². The van der Waals surface area contributed by atoms with Crippen LogP contribution >= 0.6 is 0 Å². The third-order valence-electron chi connectivity index (χ3n) is 3.87. The number of aliphatic hydroxyl groups excluding tert-OH is 1. The summed E-state index contributed by atoms with van der Waals surface area (Å²) in [6, 6.07) is 1.61. The zero-order chi connectivity index (χ0) is 9.97. The number of rotatable bonds is 3. The lowest BCUT2D eigenvalue weighted by molar-refractivity contribution is 0.199. The van der Waals surface area contributed by atoms with E-state index in [0.717, 1.165) is 25.0 Å². The maximum Gasteiger partial charge on any atom is 0.0443 e. The topological polar surface area (TPSA) is 26.7 Å². The molecule has 14 heavy (non-hydrogen) atoms. The second-order valence-electron chi connectivity index (χ2n) is 4.72. The highest BCUT2D eigenvalue weighted by Gasteiger charge is 2.34. The number of nitrogens with zero attached hydrogens (tertiary/aromatic N) is 2. The molecule has 2 bridgehead atoms. The number of likely N-dealkylation sites (tertiary alicyclic amines) is 1. The van der Waals surface area contributed by atoms with Gasteiger partial charge in [0.2, 0.25) is 0 Å². The Hall–Kier alpha value is -0.120. The smallest absolute Gasteiger partial charge is 0.0443 e. The Morgan fingerprint density at radius 2 is 2.00 bits per heavy atom. The molecule has 2 atom stereocenters. The van der Waals surface area contributed by atoms with Crippen LogP contribution < -0.4 is 0 Å². The second kappa shape index (κ2) is 4.60. The summed E-state index contributed by atoms with van der Waals surface area (Å²) < 4.78 is 0. The van der Waals surface area contributed by atoms with E-state index in [9.17, 15) is 0 Å². The van der Waals surface area contributed by atoms with Crippen LogP contribution in [-0.2, 0) is 0 Å². The highest BCUT2D eigenvalue weighted by atomic mass is 16.3. The summed E-state index contributed by atoms with van der Waals surface area (Å²) in [6.45, 7) is 3.85. The highest BCUT2D eigenvalue weighted by Crippen LogP contribution is 2.28. The zero-order valence-electron chi connectivity index (χ0n) is 9.15. The lowest BCUT2D eigenvalue weighted by atomic mass is 10.1. The standard InChI is InChI=1S/C11H22N2O/c1-12-10-3-4-11(12)9-13(7-5-10)6-2-8-14/h10-11,14H,2-9H2,1H3. The zero-order valence-corrected chi connectivity index (χ0v) is 9.15. The third-order valence-corrected chi connectivity index (χ3v) is 3.87. The Balaban J connectivity index is 1.87. The molecule has 0 aliphatic carbocycles. The third kappa shape index (κ3) is 2.10. The Labute approximate surface area is 86.7 Å². The summed E-state index contributed by atoms with van der Waals surface area (Å²) in [5, 5.41) is 8.81. The van der Waals surface area contributed by atoms with Crippen LogP contribution in [0, 0.1) is 0 Å². The molecule has 2 aliphatic rings. The molecular formula is C11H22N2O. The lowest BCUT2D eigenvalue weighted by Gasteiger charge is -2.25. The Morgan fingerprint density at radius 1 is 1.21 bits per heavy atom. The molecule has 3 nitrogen and oxygen atoms in total. The maximum absolute atomic E-state index is 8.81. The predicted octanol–water partition coefficient (Wildman–Crippen LogP) is 0.537. The molecule has 0 spiro atoms. The van der Waals surface area contributed by atoms with Crippen LogP contribution in [-0.4, -0.2) is 60.3 Å². The van der Waals surface area contributed by atoms with Crippen molar-refractivity contribution in [1.82, 2.24) is 9.80 Å². The summed E-state index contributed by atoms with van der Waals surface area (Å²) in [5.74, 6) is 0. The molecule has 1 N–H and O–H groups in total. The van der Waals surface area contributed by atoms with Gasteiger partial charge in [0.1, 0.15) is 0 Å². The van der Waals surface area contributed by atoms with Crippen LogP contribution in [0.2, 0.25) is 0 Å². The van der Waals surface area contributed by atoms with E-state index in [1.54, 1.807) is 0 Å². The summed E-state index contributed by atoms with van der Waals surface area (Å²) >= 11 is 0. The number of hydrogen-bond acceptors (Lipinski definition) is 3. The van der Waals surface area contributed by atoms with Crippen molar-refractivity contribution >= 4 is 0 Å². The van der Waals surface area contributed by atoms with Crippen molar-refractivity contribution in [3.8, 4) is 0 Å². The van der Waals surface area contributed by atoms with Crippen LogP contribution in [0.25, 0.3) is 0 Å². The summed E-state index contributed by atoms with van der Waals surface area (Å²) in [4.78, 5) is 5.09. The number of likely N-dealkylation sites (N-methyl/N-ethyl adjacent to an activating group) is 1. The Morgan fingerprint density at radius 3 is 2.79 bits per heavy atom. The number of fused-ring (bicyclic) bond motifs is 2. The molecule has 0 aromatic rings. The van der Waals surface area contributed by atoms with Gasteiger partial charge >= 0.3 is 0 Å². The lowest BCUT2D eigenvalue weighted by Crippen LogP contribution is -2.37. The monoisotopic (exact) mass is 198 g/mol. The molecule has 0 radical (unpaired) electrons.